The van der Waals surface area contributed by atoms with Crippen LogP contribution in [0.2, 0.25) is 0 Å². The van der Waals surface area contributed by atoms with Crippen LogP contribution in [0.15, 0.2) is 72.9 Å². The monoisotopic (exact) mass is 485 g/mol. The highest BCUT2D eigenvalue weighted by Gasteiger charge is 2.14. The number of pyridine rings is 1. The van der Waals surface area contributed by atoms with Crippen molar-refractivity contribution >= 4 is 22.5 Å². The molecule has 0 aliphatic carbocycles. The van der Waals surface area contributed by atoms with Gasteiger partial charge in [-0.1, -0.05) is 30.3 Å². The number of benzene rings is 3. The lowest BCUT2D eigenvalue weighted by Crippen LogP contribution is -2.12. The van der Waals surface area contributed by atoms with Crippen molar-refractivity contribution in [2.45, 2.75) is 19.3 Å². The fourth-order valence-corrected chi connectivity index (χ4v) is 3.97. The average Bonchev–Trinajstić information content (AvgIpc) is 2.89. The van der Waals surface area contributed by atoms with Crippen LogP contribution in [0.25, 0.3) is 10.9 Å². The summed E-state index contributed by atoms with van der Waals surface area (Å²) in [6, 6.07) is 20.0. The van der Waals surface area contributed by atoms with Gasteiger partial charge in [0.1, 0.15) is 28.8 Å². The number of fused-ring (bicyclic) bond motifs is 1. The van der Waals surface area contributed by atoms with Gasteiger partial charge in [0.25, 0.3) is 0 Å². The number of aromatic nitrogens is 1. The molecule has 0 N–H and O–H groups in total. The zero-order valence-corrected chi connectivity index (χ0v) is 20.4. The number of nitrogens with zero attached hydrogens (tertiary/aromatic N) is 1. The lowest BCUT2D eigenvalue weighted by Gasteiger charge is -2.12. The van der Waals surface area contributed by atoms with Crippen molar-refractivity contribution < 1.29 is 28.5 Å². The Morgan fingerprint density at radius 2 is 1.39 bits per heavy atom. The number of carbonyl (C=O) groups is 2. The number of ether oxygens (including phenoxy) is 4. The number of ketones is 2. The van der Waals surface area contributed by atoms with Crippen molar-refractivity contribution in [3.63, 3.8) is 0 Å². The number of hydrogen-bond donors (Lipinski definition) is 0. The number of carbonyl (C=O) groups excluding carboxylic acids is 2. The summed E-state index contributed by atoms with van der Waals surface area (Å²) in [6.07, 6.45) is 1.88. The van der Waals surface area contributed by atoms with E-state index in [9.17, 15) is 9.59 Å². The van der Waals surface area contributed by atoms with Crippen LogP contribution in [0.3, 0.4) is 0 Å². The van der Waals surface area contributed by atoms with Crippen molar-refractivity contribution in [3.05, 3.63) is 84.1 Å². The molecule has 0 aliphatic heterocycles. The Balaban J connectivity index is 1.39. The normalized spacial score (nSPS) is 10.6. The van der Waals surface area contributed by atoms with Crippen LogP contribution >= 0.6 is 0 Å². The first-order valence-electron chi connectivity index (χ1n) is 11.4. The van der Waals surface area contributed by atoms with Gasteiger partial charge in [0.2, 0.25) is 0 Å². The third-order valence-corrected chi connectivity index (χ3v) is 5.73. The van der Waals surface area contributed by atoms with Crippen molar-refractivity contribution in [2.24, 2.45) is 0 Å². The maximum absolute atomic E-state index is 12.5. The Bertz CT molecular complexity index is 1380. The minimum Gasteiger partial charge on any atom is -0.496 e. The minimum atomic E-state index is -0.138. The van der Waals surface area contributed by atoms with Crippen LogP contribution in [0, 0.1) is 0 Å². The lowest BCUT2D eigenvalue weighted by molar-refractivity contribution is -0.126. The number of rotatable bonds is 11. The molecule has 1 heterocycles. The van der Waals surface area contributed by atoms with Gasteiger partial charge in [-0.05, 0) is 35.9 Å². The van der Waals surface area contributed by atoms with Gasteiger partial charge in [-0.2, -0.15) is 0 Å². The summed E-state index contributed by atoms with van der Waals surface area (Å²) in [4.78, 5) is 29.3. The maximum atomic E-state index is 12.5. The highest BCUT2D eigenvalue weighted by molar-refractivity contribution is 6.00. The molecule has 36 heavy (non-hydrogen) atoms. The largest absolute Gasteiger partial charge is 0.496 e. The second-order valence-corrected chi connectivity index (χ2v) is 8.20. The number of Topliss-reactive ketones (excluding diaryl/α,β-unsaturated/α-hetero) is 2. The summed E-state index contributed by atoms with van der Waals surface area (Å²) < 4.78 is 22.1. The first-order valence-corrected chi connectivity index (χ1v) is 11.4. The quantitative estimate of drug-likeness (QED) is 0.264. The summed E-state index contributed by atoms with van der Waals surface area (Å²) in [6.45, 7) is 0. The predicted octanol–water partition coefficient (Wildman–Crippen LogP) is 5.37. The molecular formula is C29H27NO6. The molecule has 1 aromatic heterocycles. The smallest absolute Gasteiger partial charge is 0.162 e. The first kappa shape index (κ1) is 24.7. The van der Waals surface area contributed by atoms with E-state index in [2.05, 4.69) is 4.98 Å². The molecule has 0 fully saturated rings. The third-order valence-electron chi connectivity index (χ3n) is 5.73. The van der Waals surface area contributed by atoms with Gasteiger partial charge in [0, 0.05) is 36.1 Å². The zero-order chi connectivity index (χ0) is 25.5. The molecule has 0 saturated carbocycles. The van der Waals surface area contributed by atoms with E-state index in [1.807, 2.05) is 36.4 Å². The summed E-state index contributed by atoms with van der Waals surface area (Å²) in [5.74, 6) is 2.77. The van der Waals surface area contributed by atoms with Gasteiger partial charge >= 0.3 is 0 Å². The van der Waals surface area contributed by atoms with Crippen LogP contribution in [0.1, 0.15) is 17.5 Å². The maximum Gasteiger partial charge on any atom is 0.162 e. The molecule has 0 atom stereocenters. The molecule has 0 unspecified atom stereocenters. The van der Waals surface area contributed by atoms with Gasteiger partial charge in [0.15, 0.2) is 11.5 Å². The standard InChI is InChI=1S/C29H27NO6/c1-33-26-7-5-4-6-20(26)15-22(32)16-21(31)14-19-8-10-23(11-9-19)36-27-12-13-30-25-18-29(35-3)28(34-2)17-24(25)27/h4-13,17-18H,14-16H2,1-3H3. The van der Waals surface area contributed by atoms with E-state index in [1.54, 1.807) is 57.9 Å². The van der Waals surface area contributed by atoms with E-state index in [1.165, 1.54) is 0 Å². The zero-order valence-electron chi connectivity index (χ0n) is 20.4. The molecule has 0 aliphatic rings. The van der Waals surface area contributed by atoms with Gasteiger partial charge in [-0.3, -0.25) is 14.6 Å². The molecule has 0 amide bonds. The van der Waals surface area contributed by atoms with Crippen LogP contribution in [-0.4, -0.2) is 37.9 Å². The van der Waals surface area contributed by atoms with Gasteiger partial charge < -0.3 is 18.9 Å². The Morgan fingerprint density at radius 1 is 0.722 bits per heavy atom. The molecule has 0 bridgehead atoms. The molecule has 0 spiro atoms. The van der Waals surface area contributed by atoms with Gasteiger partial charge in [-0.25, -0.2) is 0 Å². The summed E-state index contributed by atoms with van der Waals surface area (Å²) >= 11 is 0. The molecule has 4 rings (SSSR count). The second-order valence-electron chi connectivity index (χ2n) is 8.20. The van der Waals surface area contributed by atoms with Gasteiger partial charge in [0.05, 0.1) is 33.3 Å². The van der Waals surface area contributed by atoms with Crippen molar-refractivity contribution in [2.75, 3.05) is 21.3 Å². The van der Waals surface area contributed by atoms with Crippen LogP contribution in [0.5, 0.6) is 28.7 Å². The summed E-state index contributed by atoms with van der Waals surface area (Å²) in [5, 5.41) is 0.781. The molecule has 0 saturated heterocycles. The molecular weight excluding hydrogens is 458 g/mol. The number of hydrogen-bond acceptors (Lipinski definition) is 7. The van der Waals surface area contributed by atoms with Crippen molar-refractivity contribution in [1.29, 1.82) is 0 Å². The summed E-state index contributed by atoms with van der Waals surface area (Å²) in [5.41, 5.74) is 2.30. The fourth-order valence-electron chi connectivity index (χ4n) is 3.97. The fraction of sp³-hybridized carbons (Fsp3) is 0.207. The second kappa shape index (κ2) is 11.4. The molecule has 7 nitrogen and oxygen atoms in total. The Labute approximate surface area is 209 Å². The molecule has 3 aromatic carbocycles. The highest BCUT2D eigenvalue weighted by atomic mass is 16.5. The predicted molar refractivity (Wildman–Crippen MR) is 136 cm³/mol. The number of para-hydroxylation sites is 1. The highest BCUT2D eigenvalue weighted by Crippen LogP contribution is 2.36. The first-order chi connectivity index (χ1) is 17.5. The van der Waals surface area contributed by atoms with E-state index < -0.39 is 0 Å². The third kappa shape index (κ3) is 5.81. The van der Waals surface area contributed by atoms with Crippen LogP contribution < -0.4 is 18.9 Å². The molecule has 0 radical (unpaired) electrons. The molecule has 4 aromatic rings. The van der Waals surface area contributed by atoms with E-state index in [0.717, 1.165) is 16.5 Å². The lowest BCUT2D eigenvalue weighted by atomic mass is 10.0. The van der Waals surface area contributed by atoms with Crippen molar-refractivity contribution in [1.82, 2.24) is 4.98 Å². The Morgan fingerprint density at radius 3 is 2.11 bits per heavy atom. The Kier molecular flexibility index (Phi) is 7.80. The Hall–Kier alpha value is -4.39. The van der Waals surface area contributed by atoms with Crippen molar-refractivity contribution in [3.8, 4) is 28.7 Å². The van der Waals surface area contributed by atoms with Gasteiger partial charge in [-0.15, -0.1) is 0 Å². The topological polar surface area (TPSA) is 84.0 Å². The van der Waals surface area contributed by atoms with Crippen LogP contribution in [-0.2, 0) is 22.4 Å². The summed E-state index contributed by atoms with van der Waals surface area (Å²) in [7, 11) is 4.71. The van der Waals surface area contributed by atoms with E-state index in [-0.39, 0.29) is 30.8 Å². The van der Waals surface area contributed by atoms with E-state index in [0.29, 0.717) is 34.3 Å². The van der Waals surface area contributed by atoms with E-state index >= 15 is 0 Å². The minimum absolute atomic E-state index is 0.120. The average molecular weight is 486 g/mol. The molecule has 7 heteroatoms. The number of methoxy groups -OCH3 is 3. The SMILES string of the molecule is COc1ccccc1CC(=O)CC(=O)Cc1ccc(Oc2ccnc3cc(OC)c(OC)cc23)cc1. The van der Waals surface area contributed by atoms with Crippen LogP contribution in [0.4, 0.5) is 0 Å². The molecule has 184 valence electrons. The van der Waals surface area contributed by atoms with E-state index in [4.69, 9.17) is 18.9 Å².